The number of sulfonamides is 1. The maximum absolute atomic E-state index is 12.2. The van der Waals surface area contributed by atoms with Gasteiger partial charge in [-0.25, -0.2) is 21.6 Å². The summed E-state index contributed by atoms with van der Waals surface area (Å²) in [7, 11) is -7.18. The smallest absolute Gasteiger partial charge is 0.240 e. The fraction of sp³-hybridized carbons (Fsp3) is 0.500. The van der Waals surface area contributed by atoms with Crippen LogP contribution in [0.4, 0.5) is 5.69 Å². The molecule has 0 saturated heterocycles. The lowest BCUT2D eigenvalue weighted by atomic mass is 10.2. The highest BCUT2D eigenvalue weighted by molar-refractivity contribution is 7.92. The molecule has 0 fully saturated rings. The monoisotopic (exact) mass is 320 g/mol. The van der Waals surface area contributed by atoms with E-state index in [-0.39, 0.29) is 11.4 Å². The Hall–Kier alpha value is -1.12. The number of nitrogen functional groups attached to an aromatic ring is 1. The van der Waals surface area contributed by atoms with Crippen molar-refractivity contribution < 1.29 is 16.8 Å². The lowest BCUT2D eigenvalue weighted by Gasteiger charge is -2.23. The summed E-state index contributed by atoms with van der Waals surface area (Å²) in [6.45, 7) is 4.38. The Morgan fingerprint density at radius 2 is 1.75 bits per heavy atom. The fourth-order valence-corrected chi connectivity index (χ4v) is 3.30. The summed E-state index contributed by atoms with van der Waals surface area (Å²) in [4.78, 5) is 0.0572. The minimum absolute atomic E-state index is 0.0572. The Kier molecular flexibility index (Phi) is 4.52. The van der Waals surface area contributed by atoms with Crippen molar-refractivity contribution in [3.05, 3.63) is 23.8 Å². The summed E-state index contributed by atoms with van der Waals surface area (Å²) in [6.07, 6.45) is 1.08. The van der Waals surface area contributed by atoms with Crippen LogP contribution < -0.4 is 10.5 Å². The number of sulfone groups is 1. The van der Waals surface area contributed by atoms with Gasteiger partial charge >= 0.3 is 0 Å². The maximum Gasteiger partial charge on any atom is 0.240 e. The van der Waals surface area contributed by atoms with Crippen LogP contribution in [0.15, 0.2) is 23.1 Å². The lowest BCUT2D eigenvalue weighted by molar-refractivity contribution is 0.537. The van der Waals surface area contributed by atoms with Crippen molar-refractivity contribution >= 4 is 25.5 Å². The second kappa shape index (κ2) is 5.34. The molecule has 0 heterocycles. The summed E-state index contributed by atoms with van der Waals surface area (Å²) in [5, 5.41) is 0. The normalized spacial score (nSPS) is 13.4. The molecule has 20 heavy (non-hydrogen) atoms. The number of nitrogens with one attached hydrogen (secondary N) is 1. The number of aryl methyl sites for hydroxylation is 1. The second-order valence-electron chi connectivity index (χ2n) is 5.38. The van der Waals surface area contributed by atoms with E-state index in [0.29, 0.717) is 11.3 Å². The average molecular weight is 320 g/mol. The molecule has 0 spiro atoms. The minimum Gasteiger partial charge on any atom is -0.399 e. The van der Waals surface area contributed by atoms with Crippen molar-refractivity contribution in [1.29, 1.82) is 0 Å². The molecule has 0 bridgehead atoms. The van der Waals surface area contributed by atoms with Gasteiger partial charge in [0.1, 0.15) is 0 Å². The fourth-order valence-electron chi connectivity index (χ4n) is 1.38. The van der Waals surface area contributed by atoms with Gasteiger partial charge in [0.15, 0.2) is 9.84 Å². The zero-order valence-electron chi connectivity index (χ0n) is 12.0. The molecular weight excluding hydrogens is 300 g/mol. The van der Waals surface area contributed by atoms with Crippen molar-refractivity contribution in [3.8, 4) is 0 Å². The molecule has 0 aliphatic carbocycles. The SMILES string of the molecule is Cc1ccc(N)cc1S(=O)(=O)NCC(C)(C)S(C)(=O)=O. The third-order valence-electron chi connectivity index (χ3n) is 3.19. The molecule has 0 radical (unpaired) electrons. The van der Waals surface area contributed by atoms with Gasteiger partial charge in [0.05, 0.1) is 9.64 Å². The van der Waals surface area contributed by atoms with E-state index in [2.05, 4.69) is 4.72 Å². The highest BCUT2D eigenvalue weighted by atomic mass is 32.2. The predicted octanol–water partition coefficient (Wildman–Crippen LogP) is 0.679. The van der Waals surface area contributed by atoms with Crippen molar-refractivity contribution in [3.63, 3.8) is 0 Å². The Bertz CT molecular complexity index is 707. The standard InChI is InChI=1S/C12H20N2O4S2/c1-9-5-6-10(13)7-11(9)20(17,18)14-8-12(2,3)19(4,15)16/h5-7,14H,8,13H2,1-4H3. The van der Waals surface area contributed by atoms with Crippen LogP contribution in [0.1, 0.15) is 19.4 Å². The van der Waals surface area contributed by atoms with Crippen molar-refractivity contribution in [2.75, 3.05) is 18.5 Å². The Balaban J connectivity index is 3.06. The van der Waals surface area contributed by atoms with Gasteiger partial charge in [0.2, 0.25) is 10.0 Å². The molecule has 0 amide bonds. The molecule has 114 valence electrons. The highest BCUT2D eigenvalue weighted by Crippen LogP contribution is 2.20. The zero-order chi connectivity index (χ0) is 15.8. The van der Waals surface area contributed by atoms with E-state index < -0.39 is 24.6 Å². The molecule has 0 aliphatic rings. The van der Waals surface area contributed by atoms with Gasteiger partial charge in [-0.2, -0.15) is 0 Å². The first-order valence-electron chi connectivity index (χ1n) is 5.92. The van der Waals surface area contributed by atoms with E-state index in [1.807, 2.05) is 0 Å². The van der Waals surface area contributed by atoms with E-state index >= 15 is 0 Å². The number of hydrogen-bond donors (Lipinski definition) is 2. The topological polar surface area (TPSA) is 106 Å². The molecule has 3 N–H and O–H groups in total. The molecule has 1 rings (SSSR count). The van der Waals surface area contributed by atoms with Crippen LogP contribution in [0.2, 0.25) is 0 Å². The number of anilines is 1. The third kappa shape index (κ3) is 3.71. The molecule has 0 saturated carbocycles. The van der Waals surface area contributed by atoms with Crippen LogP contribution in [0.25, 0.3) is 0 Å². The van der Waals surface area contributed by atoms with Gasteiger partial charge in [0.25, 0.3) is 0 Å². The molecule has 1 aromatic rings. The molecule has 0 unspecified atom stereocenters. The Morgan fingerprint density at radius 3 is 2.25 bits per heavy atom. The summed E-state index contributed by atoms with van der Waals surface area (Å²) in [5.74, 6) is 0. The van der Waals surface area contributed by atoms with Crippen LogP contribution in [-0.2, 0) is 19.9 Å². The maximum atomic E-state index is 12.2. The molecule has 0 aliphatic heterocycles. The minimum atomic E-state index is -3.80. The molecule has 8 heteroatoms. The first-order valence-corrected chi connectivity index (χ1v) is 9.30. The summed E-state index contributed by atoms with van der Waals surface area (Å²) < 4.78 is 48.7. The largest absolute Gasteiger partial charge is 0.399 e. The third-order valence-corrected chi connectivity index (χ3v) is 6.89. The predicted molar refractivity (Wildman–Crippen MR) is 79.7 cm³/mol. The number of benzene rings is 1. The van der Waals surface area contributed by atoms with Gasteiger partial charge in [0, 0.05) is 18.5 Å². The van der Waals surface area contributed by atoms with Crippen LogP contribution in [0.3, 0.4) is 0 Å². The number of rotatable bonds is 5. The lowest BCUT2D eigenvalue weighted by Crippen LogP contribution is -2.43. The quantitative estimate of drug-likeness (QED) is 0.776. The van der Waals surface area contributed by atoms with Gasteiger partial charge in [-0.1, -0.05) is 6.07 Å². The summed E-state index contributed by atoms with van der Waals surface area (Å²) in [6, 6.07) is 4.56. The van der Waals surface area contributed by atoms with Crippen LogP contribution in [0.5, 0.6) is 0 Å². The van der Waals surface area contributed by atoms with E-state index in [9.17, 15) is 16.8 Å². The summed E-state index contributed by atoms with van der Waals surface area (Å²) >= 11 is 0. The van der Waals surface area contributed by atoms with Gasteiger partial charge in [-0.3, -0.25) is 0 Å². The van der Waals surface area contributed by atoms with Gasteiger partial charge < -0.3 is 5.73 Å². The van der Waals surface area contributed by atoms with Crippen LogP contribution in [0, 0.1) is 6.92 Å². The number of nitrogens with two attached hydrogens (primary N) is 1. The first kappa shape index (κ1) is 16.9. The Labute approximate surface area is 120 Å². The van der Waals surface area contributed by atoms with Crippen molar-refractivity contribution in [2.45, 2.75) is 30.4 Å². The Morgan fingerprint density at radius 1 is 1.20 bits per heavy atom. The molecule has 6 nitrogen and oxygen atoms in total. The zero-order valence-corrected chi connectivity index (χ0v) is 13.6. The molecule has 1 aromatic carbocycles. The van der Waals surface area contributed by atoms with Crippen molar-refractivity contribution in [2.24, 2.45) is 0 Å². The van der Waals surface area contributed by atoms with Crippen LogP contribution in [-0.4, -0.2) is 34.4 Å². The summed E-state index contributed by atoms with van der Waals surface area (Å²) in [5.41, 5.74) is 6.46. The molecule has 0 atom stereocenters. The van der Waals surface area contributed by atoms with Gasteiger partial charge in [-0.05, 0) is 38.5 Å². The van der Waals surface area contributed by atoms with E-state index in [4.69, 9.17) is 5.73 Å². The number of hydrogen-bond acceptors (Lipinski definition) is 5. The first-order chi connectivity index (χ1) is 8.87. The van der Waals surface area contributed by atoms with E-state index in [0.717, 1.165) is 6.26 Å². The average Bonchev–Trinajstić information content (AvgIpc) is 2.28. The van der Waals surface area contributed by atoms with Gasteiger partial charge in [-0.15, -0.1) is 0 Å². The van der Waals surface area contributed by atoms with Crippen molar-refractivity contribution in [1.82, 2.24) is 4.72 Å². The second-order valence-corrected chi connectivity index (χ2v) is 9.77. The van der Waals surface area contributed by atoms with E-state index in [1.54, 1.807) is 19.1 Å². The van der Waals surface area contributed by atoms with E-state index in [1.165, 1.54) is 19.9 Å². The highest BCUT2D eigenvalue weighted by Gasteiger charge is 2.32. The molecular formula is C12H20N2O4S2. The van der Waals surface area contributed by atoms with Crippen LogP contribution >= 0.6 is 0 Å². The molecule has 0 aromatic heterocycles.